The highest BCUT2D eigenvalue weighted by atomic mass is 16.5. The molecule has 1 amide bonds. The van der Waals surface area contributed by atoms with Crippen molar-refractivity contribution in [1.29, 1.82) is 0 Å². The number of carbonyl (C=O) groups excluding carboxylic acids is 2. The highest BCUT2D eigenvalue weighted by molar-refractivity contribution is 6.04. The molecule has 7 nitrogen and oxygen atoms in total. The van der Waals surface area contributed by atoms with Gasteiger partial charge in [-0.1, -0.05) is 30.3 Å². The van der Waals surface area contributed by atoms with Crippen LogP contribution in [-0.2, 0) is 9.53 Å². The van der Waals surface area contributed by atoms with Crippen molar-refractivity contribution in [3.63, 3.8) is 0 Å². The van der Waals surface area contributed by atoms with Crippen LogP contribution in [0, 0.1) is 0 Å². The average Bonchev–Trinajstić information content (AvgIpc) is 3.40. The molecule has 1 N–H and O–H groups in total. The summed E-state index contributed by atoms with van der Waals surface area (Å²) in [6.07, 6.45) is 3.59. The summed E-state index contributed by atoms with van der Waals surface area (Å²) in [5.41, 5.74) is 2.52. The minimum absolute atomic E-state index is 0.0872. The van der Waals surface area contributed by atoms with Gasteiger partial charge in [0, 0.05) is 17.6 Å². The number of nitrogens with zero attached hydrogens (tertiary/aromatic N) is 3. The summed E-state index contributed by atoms with van der Waals surface area (Å²) >= 11 is 0. The van der Waals surface area contributed by atoms with Crippen LogP contribution in [0.5, 0.6) is 0 Å². The molecule has 3 aromatic rings. The number of benzene rings is 1. The lowest BCUT2D eigenvalue weighted by molar-refractivity contribution is -0.124. The highest BCUT2D eigenvalue weighted by Gasteiger charge is 2.24. The molecule has 0 unspecified atom stereocenters. The topological polar surface area (TPSA) is 86.1 Å². The number of ether oxygens (including phenoxy) is 1. The number of fused-ring (bicyclic) bond motifs is 1. The van der Waals surface area contributed by atoms with Gasteiger partial charge in [-0.2, -0.15) is 5.10 Å². The van der Waals surface area contributed by atoms with Crippen LogP contribution in [0.3, 0.4) is 0 Å². The monoisotopic (exact) mass is 378 g/mol. The lowest BCUT2D eigenvalue weighted by Crippen LogP contribution is -2.30. The molecule has 2 heterocycles. The fourth-order valence-electron chi connectivity index (χ4n) is 3.03. The molecule has 28 heavy (non-hydrogen) atoms. The summed E-state index contributed by atoms with van der Waals surface area (Å²) < 4.78 is 7.05. The average molecular weight is 378 g/mol. The number of nitrogens with one attached hydrogen (secondary N) is 1. The molecule has 0 aliphatic heterocycles. The van der Waals surface area contributed by atoms with Crippen molar-refractivity contribution in [2.45, 2.75) is 38.8 Å². The second-order valence-corrected chi connectivity index (χ2v) is 7.26. The molecule has 4 rings (SSSR count). The Kier molecular flexibility index (Phi) is 4.81. The van der Waals surface area contributed by atoms with Gasteiger partial charge in [0.1, 0.15) is 0 Å². The summed E-state index contributed by atoms with van der Waals surface area (Å²) in [4.78, 5) is 29.3. The predicted molar refractivity (Wildman–Crippen MR) is 105 cm³/mol. The van der Waals surface area contributed by atoms with Gasteiger partial charge in [0.15, 0.2) is 12.3 Å². The molecule has 0 radical (unpaired) electrons. The molecule has 1 aromatic carbocycles. The number of hydrogen-bond donors (Lipinski definition) is 1. The summed E-state index contributed by atoms with van der Waals surface area (Å²) in [6.45, 7) is 3.71. The van der Waals surface area contributed by atoms with Gasteiger partial charge in [0.25, 0.3) is 5.91 Å². The van der Waals surface area contributed by atoms with Crippen LogP contribution in [0.25, 0.3) is 22.3 Å². The Balaban J connectivity index is 1.69. The predicted octanol–water partition coefficient (Wildman–Crippen LogP) is 3.11. The highest BCUT2D eigenvalue weighted by Crippen LogP contribution is 2.27. The molecule has 1 fully saturated rings. The van der Waals surface area contributed by atoms with Gasteiger partial charge in [-0.15, -0.1) is 0 Å². The molecule has 0 saturated heterocycles. The first-order valence-corrected chi connectivity index (χ1v) is 9.43. The van der Waals surface area contributed by atoms with Crippen LogP contribution >= 0.6 is 0 Å². The fourth-order valence-corrected chi connectivity index (χ4v) is 3.03. The van der Waals surface area contributed by atoms with Gasteiger partial charge >= 0.3 is 5.97 Å². The van der Waals surface area contributed by atoms with E-state index in [4.69, 9.17) is 9.72 Å². The van der Waals surface area contributed by atoms with E-state index in [9.17, 15) is 9.59 Å². The third-order valence-electron chi connectivity index (χ3n) is 4.62. The van der Waals surface area contributed by atoms with Crippen LogP contribution < -0.4 is 5.32 Å². The van der Waals surface area contributed by atoms with E-state index in [0.717, 1.165) is 18.4 Å². The van der Waals surface area contributed by atoms with Gasteiger partial charge in [0.2, 0.25) is 0 Å². The number of carbonyl (C=O) groups is 2. The molecule has 144 valence electrons. The van der Waals surface area contributed by atoms with Gasteiger partial charge in [-0.05, 0) is 32.8 Å². The smallest absolute Gasteiger partial charge is 0.339 e. The summed E-state index contributed by atoms with van der Waals surface area (Å²) in [5, 5.41) is 7.80. The van der Waals surface area contributed by atoms with E-state index in [0.29, 0.717) is 22.3 Å². The van der Waals surface area contributed by atoms with Crippen molar-refractivity contribution >= 4 is 22.9 Å². The van der Waals surface area contributed by atoms with Crippen LogP contribution in [-0.4, -0.2) is 39.3 Å². The number of pyridine rings is 1. The lowest BCUT2D eigenvalue weighted by atomic mass is 10.1. The van der Waals surface area contributed by atoms with E-state index in [2.05, 4.69) is 10.4 Å². The Bertz CT molecular complexity index is 1020. The zero-order valence-corrected chi connectivity index (χ0v) is 15.9. The van der Waals surface area contributed by atoms with Crippen LogP contribution in [0.1, 0.15) is 43.1 Å². The van der Waals surface area contributed by atoms with E-state index < -0.39 is 5.97 Å². The minimum Gasteiger partial charge on any atom is -0.452 e. The van der Waals surface area contributed by atoms with Crippen LogP contribution in [0.15, 0.2) is 42.6 Å². The van der Waals surface area contributed by atoms with Crippen molar-refractivity contribution in [3.8, 4) is 11.3 Å². The van der Waals surface area contributed by atoms with Gasteiger partial charge in [-0.3, -0.25) is 4.79 Å². The number of rotatable bonds is 6. The standard InChI is InChI=1S/C21H22N4O3/c1-13(2)25-20-17(11-22-25)16(10-18(24-20)14-6-4-3-5-7-14)21(27)28-12-19(26)23-15-8-9-15/h3-7,10-11,13,15H,8-9,12H2,1-2H3,(H,23,26). The molecule has 1 aliphatic rings. The Hall–Kier alpha value is -3.22. The van der Waals surface area contributed by atoms with Crippen molar-refractivity contribution in [1.82, 2.24) is 20.1 Å². The largest absolute Gasteiger partial charge is 0.452 e. The third-order valence-corrected chi connectivity index (χ3v) is 4.62. The van der Waals surface area contributed by atoms with E-state index in [1.807, 2.05) is 44.2 Å². The molecular formula is C21H22N4O3. The van der Waals surface area contributed by atoms with Crippen molar-refractivity contribution in [3.05, 3.63) is 48.2 Å². The maximum Gasteiger partial charge on any atom is 0.339 e. The number of amides is 1. The zero-order chi connectivity index (χ0) is 19.7. The first kappa shape index (κ1) is 18.2. The maximum atomic E-state index is 12.8. The number of aromatic nitrogens is 3. The first-order chi connectivity index (χ1) is 13.5. The second kappa shape index (κ2) is 7.42. The van der Waals surface area contributed by atoms with Gasteiger partial charge in [0.05, 0.1) is 22.8 Å². The van der Waals surface area contributed by atoms with Crippen molar-refractivity contribution in [2.24, 2.45) is 0 Å². The Labute approximate surface area is 162 Å². The van der Waals surface area contributed by atoms with Gasteiger partial charge < -0.3 is 10.1 Å². The molecular weight excluding hydrogens is 356 g/mol. The van der Waals surface area contributed by atoms with Crippen molar-refractivity contribution in [2.75, 3.05) is 6.61 Å². The van der Waals surface area contributed by atoms with Gasteiger partial charge in [-0.25, -0.2) is 14.5 Å². The maximum absolute atomic E-state index is 12.8. The quantitative estimate of drug-likeness (QED) is 0.666. The summed E-state index contributed by atoms with van der Waals surface area (Å²) in [5.74, 6) is -0.832. The Morgan fingerprint density at radius 3 is 2.68 bits per heavy atom. The fraction of sp³-hybridized carbons (Fsp3) is 0.333. The molecule has 0 spiro atoms. The normalized spacial score (nSPS) is 13.7. The first-order valence-electron chi connectivity index (χ1n) is 9.43. The number of esters is 1. The second-order valence-electron chi connectivity index (χ2n) is 7.26. The van der Waals surface area contributed by atoms with E-state index >= 15 is 0 Å². The molecule has 0 bridgehead atoms. The summed E-state index contributed by atoms with van der Waals surface area (Å²) in [7, 11) is 0. The zero-order valence-electron chi connectivity index (χ0n) is 15.9. The molecule has 2 aromatic heterocycles. The van der Waals surface area contributed by atoms with E-state index in [1.54, 1.807) is 16.9 Å². The molecule has 1 saturated carbocycles. The molecule has 1 aliphatic carbocycles. The molecule has 0 atom stereocenters. The lowest BCUT2D eigenvalue weighted by Gasteiger charge is -2.11. The molecule has 7 heteroatoms. The van der Waals surface area contributed by atoms with Crippen molar-refractivity contribution < 1.29 is 14.3 Å². The summed E-state index contributed by atoms with van der Waals surface area (Å²) in [6, 6.07) is 11.6. The van der Waals surface area contributed by atoms with E-state index in [-0.39, 0.29) is 24.6 Å². The Morgan fingerprint density at radius 2 is 2.00 bits per heavy atom. The third kappa shape index (κ3) is 3.74. The Morgan fingerprint density at radius 1 is 1.25 bits per heavy atom. The minimum atomic E-state index is -0.557. The van der Waals surface area contributed by atoms with Crippen LogP contribution in [0.4, 0.5) is 0 Å². The number of hydrogen-bond acceptors (Lipinski definition) is 5. The van der Waals surface area contributed by atoms with Crippen LogP contribution in [0.2, 0.25) is 0 Å². The van der Waals surface area contributed by atoms with E-state index in [1.165, 1.54) is 0 Å². The SMILES string of the molecule is CC(C)n1ncc2c(C(=O)OCC(=O)NC3CC3)cc(-c3ccccc3)nc21.